The predicted octanol–water partition coefficient (Wildman–Crippen LogP) is 2.57. The van der Waals surface area contributed by atoms with Gasteiger partial charge >= 0.3 is 5.69 Å². The van der Waals surface area contributed by atoms with Crippen molar-refractivity contribution >= 4 is 34.4 Å². The van der Waals surface area contributed by atoms with Gasteiger partial charge in [-0.3, -0.25) is 19.7 Å². The molecule has 0 unspecified atom stereocenters. The van der Waals surface area contributed by atoms with Gasteiger partial charge in [0.15, 0.2) is 5.52 Å². The molecule has 0 saturated carbocycles. The number of hydrogen-bond donors (Lipinski definition) is 1. The highest BCUT2D eigenvalue weighted by atomic mass is 32.2. The van der Waals surface area contributed by atoms with Crippen LogP contribution in [-0.2, 0) is 4.84 Å². The Balaban J connectivity index is 1.88. The third kappa shape index (κ3) is 3.05. The Kier molecular flexibility index (Phi) is 4.40. The lowest BCUT2D eigenvalue weighted by molar-refractivity contribution is -0.383. The van der Waals surface area contributed by atoms with Crippen LogP contribution in [-0.4, -0.2) is 28.3 Å². The number of hydroxylamine groups is 1. The van der Waals surface area contributed by atoms with Gasteiger partial charge in [0.05, 0.1) is 12.0 Å². The zero-order chi connectivity index (χ0) is 17.1. The molecule has 1 amide bonds. The highest BCUT2D eigenvalue weighted by Crippen LogP contribution is 2.35. The molecule has 0 radical (unpaired) electrons. The zero-order valence-electron chi connectivity index (χ0n) is 12.3. The van der Waals surface area contributed by atoms with Crippen molar-refractivity contribution < 1.29 is 19.2 Å². The molecule has 122 valence electrons. The lowest BCUT2D eigenvalue weighted by atomic mass is 10.2. The Hall–Kier alpha value is -2.98. The van der Waals surface area contributed by atoms with E-state index in [4.69, 9.17) is 0 Å². The molecule has 2 aromatic carbocycles. The number of carbonyl (C=O) groups excluding carboxylic acids is 1. The molecule has 24 heavy (non-hydrogen) atoms. The largest absolute Gasteiger partial charge is 0.300 e. The van der Waals surface area contributed by atoms with Gasteiger partial charge < -0.3 is 0 Å². The minimum Gasteiger partial charge on any atom is -0.277 e. The number of aromatic nitrogens is 2. The second-order valence-electron chi connectivity index (χ2n) is 4.56. The van der Waals surface area contributed by atoms with Crippen molar-refractivity contribution in [2.24, 2.45) is 0 Å². The molecule has 10 heteroatoms. The first kappa shape index (κ1) is 15.9. The number of fused-ring (bicyclic) bond motifs is 1. The fraction of sp³-hybridized carbons (Fsp3) is 0.0714. The molecule has 3 aromatic rings. The number of nitro benzene ring substituents is 1. The summed E-state index contributed by atoms with van der Waals surface area (Å²) in [5.41, 5.74) is 2.92. The third-order valence-electron chi connectivity index (χ3n) is 3.09. The van der Waals surface area contributed by atoms with Crippen LogP contribution in [0.4, 0.5) is 5.69 Å². The van der Waals surface area contributed by atoms with Gasteiger partial charge in [-0.15, -0.1) is 0 Å². The van der Waals surface area contributed by atoms with Crippen LogP contribution in [0.2, 0.25) is 0 Å². The molecule has 0 aliphatic heterocycles. The number of rotatable bonds is 5. The highest BCUT2D eigenvalue weighted by molar-refractivity contribution is 7.99. The van der Waals surface area contributed by atoms with E-state index in [9.17, 15) is 14.9 Å². The average molecular weight is 346 g/mol. The van der Waals surface area contributed by atoms with Gasteiger partial charge in [0.25, 0.3) is 5.91 Å². The SMILES string of the molecule is CONC(=O)c1ccc(Sc2ccc([N+](=O)[O-])c3nonc23)cc1. The monoisotopic (exact) mass is 346 g/mol. The van der Waals surface area contributed by atoms with Gasteiger partial charge in [-0.1, -0.05) is 11.8 Å². The minimum absolute atomic E-state index is 0.0982. The van der Waals surface area contributed by atoms with Gasteiger partial charge in [-0.05, 0) is 40.6 Å². The first-order valence-corrected chi connectivity index (χ1v) is 7.42. The van der Waals surface area contributed by atoms with Crippen LogP contribution in [0.3, 0.4) is 0 Å². The quantitative estimate of drug-likeness (QED) is 0.553. The number of carbonyl (C=O) groups is 1. The lowest BCUT2D eigenvalue weighted by Gasteiger charge is -2.04. The van der Waals surface area contributed by atoms with Crippen LogP contribution in [0.1, 0.15) is 10.4 Å². The molecule has 0 bridgehead atoms. The van der Waals surface area contributed by atoms with Crippen molar-refractivity contribution in [1.29, 1.82) is 0 Å². The van der Waals surface area contributed by atoms with Crippen LogP contribution < -0.4 is 5.48 Å². The molecule has 0 aliphatic rings. The van der Waals surface area contributed by atoms with Crippen LogP contribution in [0, 0.1) is 10.1 Å². The molecule has 0 saturated heterocycles. The second-order valence-corrected chi connectivity index (χ2v) is 5.68. The smallest absolute Gasteiger partial charge is 0.277 e. The second kappa shape index (κ2) is 6.64. The van der Waals surface area contributed by atoms with E-state index in [0.717, 1.165) is 4.90 Å². The fourth-order valence-electron chi connectivity index (χ4n) is 2.01. The predicted molar refractivity (Wildman–Crippen MR) is 83.5 cm³/mol. The number of amides is 1. The van der Waals surface area contributed by atoms with Gasteiger partial charge in [-0.25, -0.2) is 10.1 Å². The van der Waals surface area contributed by atoms with E-state index in [2.05, 4.69) is 25.3 Å². The molecule has 1 aromatic heterocycles. The number of nitro groups is 1. The Morgan fingerprint density at radius 3 is 2.58 bits per heavy atom. The number of hydrogen-bond acceptors (Lipinski definition) is 8. The average Bonchev–Trinajstić information content (AvgIpc) is 3.05. The Bertz CT molecular complexity index is 909. The maximum atomic E-state index is 11.6. The minimum atomic E-state index is -0.538. The number of nitrogens with one attached hydrogen (secondary N) is 1. The summed E-state index contributed by atoms with van der Waals surface area (Å²) in [7, 11) is 1.36. The van der Waals surface area contributed by atoms with E-state index in [1.165, 1.54) is 24.9 Å². The topological polar surface area (TPSA) is 120 Å². The van der Waals surface area contributed by atoms with Gasteiger partial charge in [0.1, 0.15) is 0 Å². The van der Waals surface area contributed by atoms with E-state index < -0.39 is 4.92 Å². The molecular formula is C14H10N4O5S. The summed E-state index contributed by atoms with van der Waals surface area (Å²) in [6.45, 7) is 0. The maximum absolute atomic E-state index is 11.6. The Morgan fingerprint density at radius 1 is 1.21 bits per heavy atom. The summed E-state index contributed by atoms with van der Waals surface area (Å²) in [6, 6.07) is 9.71. The Morgan fingerprint density at radius 2 is 1.92 bits per heavy atom. The Labute approximate surface area is 139 Å². The van der Waals surface area contributed by atoms with Crippen molar-refractivity contribution in [3.05, 3.63) is 52.1 Å². The van der Waals surface area contributed by atoms with E-state index in [1.807, 2.05) is 0 Å². The van der Waals surface area contributed by atoms with Crippen LogP contribution in [0.5, 0.6) is 0 Å². The highest BCUT2D eigenvalue weighted by Gasteiger charge is 2.20. The number of benzene rings is 2. The van der Waals surface area contributed by atoms with E-state index in [-0.39, 0.29) is 17.1 Å². The zero-order valence-corrected chi connectivity index (χ0v) is 13.1. The first-order valence-electron chi connectivity index (χ1n) is 6.61. The van der Waals surface area contributed by atoms with Crippen LogP contribution in [0.25, 0.3) is 11.0 Å². The molecule has 3 rings (SSSR count). The summed E-state index contributed by atoms with van der Waals surface area (Å²) in [6.07, 6.45) is 0. The van der Waals surface area contributed by atoms with Crippen LogP contribution >= 0.6 is 11.8 Å². The van der Waals surface area contributed by atoms with Crippen molar-refractivity contribution in [3.8, 4) is 0 Å². The van der Waals surface area contributed by atoms with E-state index in [1.54, 1.807) is 30.3 Å². The third-order valence-corrected chi connectivity index (χ3v) is 4.15. The summed E-state index contributed by atoms with van der Waals surface area (Å²) in [4.78, 5) is 28.1. The molecule has 1 N–H and O–H groups in total. The fourth-order valence-corrected chi connectivity index (χ4v) is 2.91. The lowest BCUT2D eigenvalue weighted by Crippen LogP contribution is -2.21. The standard InChI is InChI=1S/C14H10N4O5S/c1-22-17-14(19)8-2-4-9(5-3-8)24-11-7-6-10(18(20)21)12-13(11)16-23-15-12/h2-7H,1H3,(H,17,19). The van der Waals surface area contributed by atoms with Gasteiger partial charge in [-0.2, -0.15) is 0 Å². The maximum Gasteiger partial charge on any atom is 0.300 e. The van der Waals surface area contributed by atoms with Crippen molar-refractivity contribution in [2.75, 3.05) is 7.11 Å². The summed E-state index contributed by atoms with van der Waals surface area (Å²) < 4.78 is 4.63. The summed E-state index contributed by atoms with van der Waals surface area (Å²) in [5, 5.41) is 18.3. The molecule has 0 aliphatic carbocycles. The van der Waals surface area contributed by atoms with Crippen molar-refractivity contribution in [3.63, 3.8) is 0 Å². The molecule has 0 spiro atoms. The molecular weight excluding hydrogens is 336 g/mol. The van der Waals surface area contributed by atoms with Crippen LogP contribution in [0.15, 0.2) is 50.8 Å². The number of non-ortho nitro benzene ring substituents is 1. The van der Waals surface area contributed by atoms with Crippen molar-refractivity contribution in [1.82, 2.24) is 15.8 Å². The molecule has 0 fully saturated rings. The molecule has 0 atom stereocenters. The van der Waals surface area contributed by atoms with Gasteiger partial charge in [0, 0.05) is 21.4 Å². The normalized spacial score (nSPS) is 10.7. The van der Waals surface area contributed by atoms with E-state index in [0.29, 0.717) is 16.0 Å². The summed E-state index contributed by atoms with van der Waals surface area (Å²) >= 11 is 1.33. The number of nitrogens with zero attached hydrogens (tertiary/aromatic N) is 3. The van der Waals surface area contributed by atoms with E-state index >= 15 is 0 Å². The van der Waals surface area contributed by atoms with Crippen molar-refractivity contribution in [2.45, 2.75) is 9.79 Å². The first-order chi connectivity index (χ1) is 11.6. The molecule has 1 heterocycles. The molecule has 9 nitrogen and oxygen atoms in total. The van der Waals surface area contributed by atoms with Gasteiger partial charge in [0.2, 0.25) is 5.52 Å². The summed E-state index contributed by atoms with van der Waals surface area (Å²) in [5.74, 6) is -0.354.